The summed E-state index contributed by atoms with van der Waals surface area (Å²) in [6, 6.07) is 9.36. The maximum Gasteiger partial charge on any atom is 0.262 e. The Bertz CT molecular complexity index is 904. The smallest absolute Gasteiger partial charge is 0.262 e. The molecule has 140 valence electrons. The van der Waals surface area contributed by atoms with Crippen LogP contribution in [0.2, 0.25) is 0 Å². The Kier molecular flexibility index (Phi) is 5.68. The fourth-order valence-corrected chi connectivity index (χ4v) is 3.50. The first-order chi connectivity index (χ1) is 12.0. The van der Waals surface area contributed by atoms with E-state index in [0.717, 1.165) is 12.1 Å². The van der Waals surface area contributed by atoms with Crippen LogP contribution >= 0.6 is 0 Å². The van der Waals surface area contributed by atoms with Gasteiger partial charge in [0.2, 0.25) is 0 Å². The first kappa shape index (κ1) is 19.9. The number of benzene rings is 2. The highest BCUT2D eigenvalue weighted by Gasteiger charge is 2.20. The van der Waals surface area contributed by atoms with Crippen molar-refractivity contribution in [3.63, 3.8) is 0 Å². The fraction of sp³-hybridized carbons (Fsp3) is 0.278. The van der Waals surface area contributed by atoms with Gasteiger partial charge in [-0.05, 0) is 62.7 Å². The molecule has 0 spiro atoms. The maximum atomic E-state index is 13.0. The molecule has 0 unspecified atom stereocenters. The summed E-state index contributed by atoms with van der Waals surface area (Å²) in [6.45, 7) is 5.41. The van der Waals surface area contributed by atoms with E-state index >= 15 is 0 Å². The van der Waals surface area contributed by atoms with Gasteiger partial charge in [-0.3, -0.25) is 9.52 Å². The molecule has 0 saturated heterocycles. The molecule has 0 heterocycles. The molecule has 0 aliphatic rings. The summed E-state index contributed by atoms with van der Waals surface area (Å²) in [5.41, 5.74) is 6.17. The van der Waals surface area contributed by atoms with Gasteiger partial charge < -0.3 is 11.1 Å². The minimum Gasteiger partial charge on any atom is -0.350 e. The molecular formula is C18H22FN3O3S. The van der Waals surface area contributed by atoms with Crippen LogP contribution in [0, 0.1) is 12.7 Å². The van der Waals surface area contributed by atoms with Gasteiger partial charge in [-0.2, -0.15) is 0 Å². The summed E-state index contributed by atoms with van der Waals surface area (Å²) in [7, 11) is -3.93. The average Bonchev–Trinajstić information content (AvgIpc) is 2.54. The van der Waals surface area contributed by atoms with Crippen molar-refractivity contribution in [1.29, 1.82) is 0 Å². The molecule has 0 aromatic heterocycles. The zero-order valence-electron chi connectivity index (χ0n) is 14.8. The highest BCUT2D eigenvalue weighted by molar-refractivity contribution is 7.92. The van der Waals surface area contributed by atoms with Gasteiger partial charge in [-0.15, -0.1) is 0 Å². The summed E-state index contributed by atoms with van der Waals surface area (Å²) < 4.78 is 40.6. The fourth-order valence-electron chi connectivity index (χ4n) is 2.17. The van der Waals surface area contributed by atoms with Crippen LogP contribution in [0.1, 0.15) is 29.8 Å². The number of carbonyl (C=O) groups is 1. The molecule has 0 aliphatic carbocycles. The number of carbonyl (C=O) groups excluding carboxylic acids is 1. The molecule has 1 amide bonds. The Morgan fingerprint density at radius 3 is 2.35 bits per heavy atom. The van der Waals surface area contributed by atoms with Crippen molar-refractivity contribution < 1.29 is 17.6 Å². The third kappa shape index (κ3) is 5.27. The number of nitrogens with one attached hydrogen (secondary N) is 2. The molecule has 0 fully saturated rings. The monoisotopic (exact) mass is 379 g/mol. The molecule has 0 bridgehead atoms. The topological polar surface area (TPSA) is 101 Å². The van der Waals surface area contributed by atoms with Gasteiger partial charge in [0.1, 0.15) is 5.82 Å². The number of hydrogen-bond donors (Lipinski definition) is 3. The van der Waals surface area contributed by atoms with E-state index in [2.05, 4.69) is 10.0 Å². The van der Waals surface area contributed by atoms with Crippen molar-refractivity contribution in [2.24, 2.45) is 5.73 Å². The van der Waals surface area contributed by atoms with E-state index in [1.165, 1.54) is 18.2 Å². The van der Waals surface area contributed by atoms with Crippen molar-refractivity contribution in [3.05, 3.63) is 59.4 Å². The van der Waals surface area contributed by atoms with Crippen molar-refractivity contribution in [2.45, 2.75) is 31.2 Å². The van der Waals surface area contributed by atoms with Gasteiger partial charge in [0.05, 0.1) is 4.90 Å². The molecule has 2 aromatic carbocycles. The summed E-state index contributed by atoms with van der Waals surface area (Å²) in [5, 5.41) is 2.67. The van der Waals surface area contributed by atoms with Crippen molar-refractivity contribution >= 4 is 21.6 Å². The molecule has 2 rings (SSSR count). The molecule has 4 N–H and O–H groups in total. The number of anilines is 1. The largest absolute Gasteiger partial charge is 0.350 e. The summed E-state index contributed by atoms with van der Waals surface area (Å²) in [6.07, 6.45) is 0. The van der Waals surface area contributed by atoms with Crippen LogP contribution in [0.25, 0.3) is 0 Å². The van der Waals surface area contributed by atoms with Gasteiger partial charge in [0, 0.05) is 23.3 Å². The number of nitrogens with two attached hydrogens (primary N) is 1. The maximum absolute atomic E-state index is 13.0. The summed E-state index contributed by atoms with van der Waals surface area (Å²) in [4.78, 5) is 12.2. The number of aryl methyl sites for hydroxylation is 1. The molecule has 6 nitrogen and oxygen atoms in total. The van der Waals surface area contributed by atoms with E-state index in [4.69, 9.17) is 5.73 Å². The highest BCUT2D eigenvalue weighted by Crippen LogP contribution is 2.21. The minimum atomic E-state index is -3.93. The van der Waals surface area contributed by atoms with Crippen LogP contribution in [0.5, 0.6) is 0 Å². The molecule has 26 heavy (non-hydrogen) atoms. The number of rotatable bonds is 6. The minimum absolute atomic E-state index is 0.0264. The quantitative estimate of drug-likeness (QED) is 0.717. The predicted octanol–water partition coefficient (Wildman–Crippen LogP) is 2.40. The summed E-state index contributed by atoms with van der Waals surface area (Å²) in [5.74, 6) is -0.882. The van der Waals surface area contributed by atoms with Crippen LogP contribution < -0.4 is 15.8 Å². The normalized spacial score (nSPS) is 11.9. The lowest BCUT2D eigenvalue weighted by molar-refractivity contribution is 0.0946. The Balaban J connectivity index is 2.27. The Hall–Kier alpha value is -2.45. The van der Waals surface area contributed by atoms with Crippen LogP contribution in [-0.4, -0.2) is 26.4 Å². The first-order valence-corrected chi connectivity index (χ1v) is 9.42. The van der Waals surface area contributed by atoms with E-state index in [1.54, 1.807) is 32.9 Å². The van der Waals surface area contributed by atoms with Gasteiger partial charge in [-0.25, -0.2) is 12.8 Å². The molecule has 0 atom stereocenters. The van der Waals surface area contributed by atoms with Crippen LogP contribution in [0.3, 0.4) is 0 Å². The van der Waals surface area contributed by atoms with E-state index in [1.807, 2.05) is 0 Å². The van der Waals surface area contributed by atoms with E-state index in [9.17, 15) is 17.6 Å². The molecule has 8 heteroatoms. The number of amides is 1. The standard InChI is InChI=1S/C18H22FN3O3S/c1-12-4-5-13(17(23)21-11-18(2,3)20)10-16(12)26(24,25)22-15-8-6-14(19)7-9-15/h4-10,22H,11,20H2,1-3H3,(H,21,23). The van der Waals surface area contributed by atoms with Gasteiger partial charge in [-0.1, -0.05) is 6.07 Å². The van der Waals surface area contributed by atoms with Crippen LogP contribution in [-0.2, 0) is 10.0 Å². The van der Waals surface area contributed by atoms with Gasteiger partial charge >= 0.3 is 0 Å². The second-order valence-corrected chi connectivity index (χ2v) is 8.41. The van der Waals surface area contributed by atoms with Crippen molar-refractivity contribution in [2.75, 3.05) is 11.3 Å². The Morgan fingerprint density at radius 1 is 1.15 bits per heavy atom. The zero-order valence-corrected chi connectivity index (χ0v) is 15.7. The third-order valence-electron chi connectivity index (χ3n) is 3.54. The molecule has 0 aliphatic heterocycles. The number of hydrogen-bond acceptors (Lipinski definition) is 4. The third-order valence-corrected chi connectivity index (χ3v) is 5.06. The Labute approximate surface area is 152 Å². The zero-order chi connectivity index (χ0) is 19.5. The Morgan fingerprint density at radius 2 is 1.77 bits per heavy atom. The predicted molar refractivity (Wildman–Crippen MR) is 99.0 cm³/mol. The van der Waals surface area contributed by atoms with Crippen LogP contribution in [0.15, 0.2) is 47.4 Å². The number of halogens is 1. The lowest BCUT2D eigenvalue weighted by Crippen LogP contribution is -2.45. The molecule has 2 aromatic rings. The molecule has 0 saturated carbocycles. The first-order valence-electron chi connectivity index (χ1n) is 7.94. The number of sulfonamides is 1. The second-order valence-electron chi connectivity index (χ2n) is 6.76. The van der Waals surface area contributed by atoms with E-state index in [-0.39, 0.29) is 22.7 Å². The lowest BCUT2D eigenvalue weighted by atomic mass is 10.1. The van der Waals surface area contributed by atoms with E-state index < -0.39 is 27.3 Å². The molecule has 0 radical (unpaired) electrons. The SMILES string of the molecule is Cc1ccc(C(=O)NCC(C)(C)N)cc1S(=O)(=O)Nc1ccc(F)cc1. The average molecular weight is 379 g/mol. The highest BCUT2D eigenvalue weighted by atomic mass is 32.2. The second kappa shape index (κ2) is 7.43. The summed E-state index contributed by atoms with van der Waals surface area (Å²) >= 11 is 0. The van der Waals surface area contributed by atoms with Crippen molar-refractivity contribution in [1.82, 2.24) is 5.32 Å². The molecular weight excluding hydrogens is 357 g/mol. The van der Waals surface area contributed by atoms with Crippen LogP contribution in [0.4, 0.5) is 10.1 Å². The van der Waals surface area contributed by atoms with Gasteiger partial charge in [0.15, 0.2) is 0 Å². The van der Waals surface area contributed by atoms with Crippen molar-refractivity contribution in [3.8, 4) is 0 Å². The van der Waals surface area contributed by atoms with Gasteiger partial charge in [0.25, 0.3) is 15.9 Å². The van der Waals surface area contributed by atoms with E-state index in [0.29, 0.717) is 5.56 Å². The lowest BCUT2D eigenvalue weighted by Gasteiger charge is -2.19.